The van der Waals surface area contributed by atoms with Gasteiger partial charge in [0.2, 0.25) is 18.0 Å². The zero-order valence-corrected chi connectivity index (χ0v) is 19.6. The van der Waals surface area contributed by atoms with E-state index in [0.29, 0.717) is 33.3 Å². The van der Waals surface area contributed by atoms with Crippen LogP contribution in [-0.2, 0) is 14.4 Å². The third-order valence-electron chi connectivity index (χ3n) is 5.83. The van der Waals surface area contributed by atoms with Crippen molar-refractivity contribution in [2.45, 2.75) is 31.6 Å². The number of nitrogens with zero attached hydrogens (tertiary/aromatic N) is 2. The predicted octanol–water partition coefficient (Wildman–Crippen LogP) is 3.19. The minimum Gasteiger partial charge on any atom is -0.490 e. The lowest BCUT2D eigenvalue weighted by atomic mass is 9.97. The minimum absolute atomic E-state index is 0.173. The molecule has 0 aromatic heterocycles. The van der Waals surface area contributed by atoms with Crippen molar-refractivity contribution in [2.75, 3.05) is 18.1 Å². The summed E-state index contributed by atoms with van der Waals surface area (Å²) in [6, 6.07) is 11.9. The number of alkyl halides is 3. The van der Waals surface area contributed by atoms with Gasteiger partial charge in [0.15, 0.2) is 0 Å². The second-order valence-electron chi connectivity index (χ2n) is 8.41. The number of halogens is 4. The lowest BCUT2D eigenvalue weighted by Gasteiger charge is -2.31. The quantitative estimate of drug-likeness (QED) is 0.581. The molecule has 2 atom stereocenters. The molecule has 0 fully saturated rings. The molecule has 0 aliphatic carbocycles. The first-order chi connectivity index (χ1) is 17.0. The summed E-state index contributed by atoms with van der Waals surface area (Å²) in [5.74, 6) is -3.38. The molecule has 4 rings (SSSR count). The number of carbonyl (C=O) groups excluding carboxylic acids is 3. The van der Waals surface area contributed by atoms with Crippen molar-refractivity contribution in [2.24, 2.45) is 16.6 Å². The summed E-state index contributed by atoms with van der Waals surface area (Å²) in [5.41, 5.74) is 7.08. The predicted molar refractivity (Wildman–Crippen MR) is 126 cm³/mol. The van der Waals surface area contributed by atoms with Gasteiger partial charge in [-0.1, -0.05) is 35.9 Å². The molecule has 2 aliphatic heterocycles. The molecule has 190 valence electrons. The van der Waals surface area contributed by atoms with Gasteiger partial charge in [-0.25, -0.2) is 4.99 Å². The van der Waals surface area contributed by atoms with E-state index in [0.717, 1.165) is 0 Å². The fraction of sp³-hybridized carbons (Fsp3) is 0.333. The first kappa shape index (κ1) is 25.5. The molecule has 2 heterocycles. The molecule has 2 aliphatic rings. The summed E-state index contributed by atoms with van der Waals surface area (Å²) in [6.07, 6.45) is -8.54. The normalized spacial score (nSPS) is 17.9. The Kier molecular flexibility index (Phi) is 7.21. The van der Waals surface area contributed by atoms with Crippen molar-refractivity contribution >= 4 is 40.7 Å². The number of aliphatic imine (C=N–C) groups is 1. The number of carbonyl (C=O) groups is 3. The maximum absolute atomic E-state index is 13.5. The van der Waals surface area contributed by atoms with Crippen molar-refractivity contribution in [3.8, 4) is 5.75 Å². The van der Waals surface area contributed by atoms with Gasteiger partial charge in [0.25, 0.3) is 5.91 Å². The highest BCUT2D eigenvalue weighted by Gasteiger charge is 2.38. The van der Waals surface area contributed by atoms with E-state index in [2.05, 4.69) is 10.3 Å². The number of primary amides is 1. The van der Waals surface area contributed by atoms with Crippen LogP contribution < -0.4 is 20.7 Å². The summed E-state index contributed by atoms with van der Waals surface area (Å²) < 4.78 is 44.1. The topological polar surface area (TPSA) is 114 Å². The zero-order chi connectivity index (χ0) is 26.0. The molecular formula is C24H22ClF3N4O4. The third kappa shape index (κ3) is 5.62. The van der Waals surface area contributed by atoms with Crippen LogP contribution in [0.4, 0.5) is 18.9 Å². The molecule has 0 spiro atoms. The Bertz CT molecular complexity index is 1230. The lowest BCUT2D eigenvalue weighted by Crippen LogP contribution is -2.51. The van der Waals surface area contributed by atoms with Gasteiger partial charge in [0.05, 0.1) is 17.9 Å². The Labute approximate surface area is 209 Å². The van der Waals surface area contributed by atoms with Crippen molar-refractivity contribution < 1.29 is 32.3 Å². The molecule has 3 amide bonds. The van der Waals surface area contributed by atoms with E-state index in [9.17, 15) is 27.6 Å². The standard InChI is InChI=1S/C24H22ClF3N4O4/c25-15-4-1-3-13(11-15)19-16-5-2-6-17-20(16)32(9-10-36-17)23(35)21(30-19)31-22(34)14(12-18(29)33)7-8-24(26,27)28/h1-6,11,14,21H,7-10,12H2,(H2,29,33)(H,31,34). The minimum atomic E-state index is -4.53. The van der Waals surface area contributed by atoms with Gasteiger partial charge in [0.1, 0.15) is 12.4 Å². The molecule has 0 saturated heterocycles. The van der Waals surface area contributed by atoms with Crippen LogP contribution >= 0.6 is 11.6 Å². The Hall–Kier alpha value is -3.60. The van der Waals surface area contributed by atoms with Gasteiger partial charge in [-0.3, -0.25) is 14.4 Å². The van der Waals surface area contributed by atoms with Gasteiger partial charge in [0, 0.05) is 34.9 Å². The average Bonchev–Trinajstić information content (AvgIpc) is 2.93. The third-order valence-corrected chi connectivity index (χ3v) is 6.06. The number of nitrogens with one attached hydrogen (secondary N) is 1. The molecule has 0 saturated carbocycles. The molecule has 3 N–H and O–H groups in total. The van der Waals surface area contributed by atoms with Crippen LogP contribution in [0.15, 0.2) is 47.5 Å². The highest BCUT2D eigenvalue weighted by Crippen LogP contribution is 2.39. The number of rotatable bonds is 7. The maximum atomic E-state index is 13.5. The summed E-state index contributed by atoms with van der Waals surface area (Å²) in [4.78, 5) is 43.9. The van der Waals surface area contributed by atoms with E-state index >= 15 is 0 Å². The van der Waals surface area contributed by atoms with Gasteiger partial charge < -0.3 is 20.7 Å². The molecule has 2 aromatic carbocycles. The molecule has 2 unspecified atom stereocenters. The average molecular weight is 523 g/mol. The van der Waals surface area contributed by atoms with E-state index in [1.54, 1.807) is 42.5 Å². The number of ether oxygens (including phenoxy) is 1. The fourth-order valence-electron chi connectivity index (χ4n) is 4.21. The number of hydrogen-bond acceptors (Lipinski definition) is 5. The number of hydrogen-bond donors (Lipinski definition) is 2. The van der Waals surface area contributed by atoms with E-state index in [1.807, 2.05) is 0 Å². The molecule has 8 nitrogen and oxygen atoms in total. The summed E-state index contributed by atoms with van der Waals surface area (Å²) in [7, 11) is 0. The smallest absolute Gasteiger partial charge is 0.389 e. The SMILES string of the molecule is NC(=O)CC(CCC(F)(F)F)C(=O)NC1N=C(c2cccc(Cl)c2)c2cccc3c2N(CCO3)C1=O. The van der Waals surface area contributed by atoms with Crippen LogP contribution in [0.25, 0.3) is 0 Å². The number of para-hydroxylation sites is 1. The first-order valence-corrected chi connectivity index (χ1v) is 11.5. The summed E-state index contributed by atoms with van der Waals surface area (Å²) in [5, 5.41) is 2.86. The monoisotopic (exact) mass is 522 g/mol. The molecule has 0 bridgehead atoms. The van der Waals surface area contributed by atoms with Gasteiger partial charge in [-0.05, 0) is 24.6 Å². The van der Waals surface area contributed by atoms with E-state index in [-0.39, 0.29) is 13.2 Å². The summed E-state index contributed by atoms with van der Waals surface area (Å²) in [6.45, 7) is 0.373. The molecule has 36 heavy (non-hydrogen) atoms. The van der Waals surface area contributed by atoms with Crippen molar-refractivity contribution in [1.82, 2.24) is 5.32 Å². The largest absolute Gasteiger partial charge is 0.490 e. The van der Waals surface area contributed by atoms with E-state index < -0.39 is 55.2 Å². The van der Waals surface area contributed by atoms with Crippen LogP contribution in [0.1, 0.15) is 30.4 Å². The van der Waals surface area contributed by atoms with Crippen molar-refractivity contribution in [3.63, 3.8) is 0 Å². The summed E-state index contributed by atoms with van der Waals surface area (Å²) >= 11 is 6.18. The van der Waals surface area contributed by atoms with Crippen LogP contribution in [0.5, 0.6) is 5.75 Å². The molecular weight excluding hydrogens is 501 g/mol. The molecule has 2 aromatic rings. The van der Waals surface area contributed by atoms with Gasteiger partial charge in [-0.15, -0.1) is 0 Å². The number of amides is 3. The van der Waals surface area contributed by atoms with Crippen LogP contribution in [0.2, 0.25) is 5.02 Å². The Balaban J connectivity index is 1.74. The van der Waals surface area contributed by atoms with Gasteiger partial charge in [-0.2, -0.15) is 13.2 Å². The van der Waals surface area contributed by atoms with Crippen LogP contribution in [-0.4, -0.2) is 48.9 Å². The first-order valence-electron chi connectivity index (χ1n) is 11.1. The number of benzene rings is 2. The molecule has 0 radical (unpaired) electrons. The fourth-order valence-corrected chi connectivity index (χ4v) is 4.40. The highest BCUT2D eigenvalue weighted by atomic mass is 35.5. The van der Waals surface area contributed by atoms with Crippen LogP contribution in [0, 0.1) is 5.92 Å². The zero-order valence-electron chi connectivity index (χ0n) is 18.8. The Morgan fingerprint density at radius 3 is 2.69 bits per heavy atom. The lowest BCUT2D eigenvalue weighted by molar-refractivity contribution is -0.143. The Morgan fingerprint density at radius 1 is 1.25 bits per heavy atom. The van der Waals surface area contributed by atoms with Crippen molar-refractivity contribution in [3.05, 3.63) is 58.6 Å². The Morgan fingerprint density at radius 2 is 2.00 bits per heavy atom. The number of anilines is 1. The number of nitrogens with two attached hydrogens (primary N) is 1. The second kappa shape index (κ2) is 10.2. The van der Waals surface area contributed by atoms with Crippen molar-refractivity contribution in [1.29, 1.82) is 0 Å². The molecule has 12 heteroatoms. The van der Waals surface area contributed by atoms with Crippen LogP contribution in [0.3, 0.4) is 0 Å². The van der Waals surface area contributed by atoms with E-state index in [1.165, 1.54) is 4.90 Å². The van der Waals surface area contributed by atoms with E-state index in [4.69, 9.17) is 22.1 Å². The van der Waals surface area contributed by atoms with Gasteiger partial charge >= 0.3 is 6.18 Å². The second-order valence-corrected chi connectivity index (χ2v) is 8.85. The maximum Gasteiger partial charge on any atom is 0.389 e. The highest BCUT2D eigenvalue weighted by molar-refractivity contribution is 6.31.